The molecular formula is C20H27N3O3S. The predicted octanol–water partition coefficient (Wildman–Crippen LogP) is 3.75. The first-order valence-electron chi connectivity index (χ1n) is 9.41. The van der Waals surface area contributed by atoms with Crippen LogP contribution in [-0.4, -0.2) is 42.4 Å². The minimum atomic E-state index is -0.318. The molecule has 7 heteroatoms. The molecular weight excluding hydrogens is 362 g/mol. The van der Waals surface area contributed by atoms with Crippen LogP contribution in [0.4, 0.5) is 5.00 Å². The molecule has 6 nitrogen and oxygen atoms in total. The van der Waals surface area contributed by atoms with Crippen LogP contribution in [-0.2, 0) is 0 Å². The molecule has 3 rings (SSSR count). The molecule has 0 radical (unpaired) electrons. The summed E-state index contributed by atoms with van der Waals surface area (Å²) in [6.07, 6.45) is 3.97. The molecule has 1 aliphatic heterocycles. The highest BCUT2D eigenvalue weighted by Gasteiger charge is 2.22. The lowest BCUT2D eigenvalue weighted by Gasteiger charge is -2.35. The Kier molecular flexibility index (Phi) is 6.34. The number of nitrogens with zero attached hydrogens (tertiary/aromatic N) is 1. The minimum Gasteiger partial charge on any atom is -0.459 e. The third-order valence-electron chi connectivity index (χ3n) is 4.98. The Balaban J connectivity index is 1.55. The van der Waals surface area contributed by atoms with Crippen LogP contribution in [0.3, 0.4) is 0 Å². The number of piperidine rings is 1. The summed E-state index contributed by atoms with van der Waals surface area (Å²) >= 11 is 1.28. The quantitative estimate of drug-likeness (QED) is 0.789. The van der Waals surface area contributed by atoms with Gasteiger partial charge in [0.05, 0.1) is 16.1 Å². The van der Waals surface area contributed by atoms with Crippen molar-refractivity contribution in [1.29, 1.82) is 0 Å². The fourth-order valence-electron chi connectivity index (χ4n) is 3.43. The lowest BCUT2D eigenvalue weighted by molar-refractivity contribution is 0.0920. The molecule has 2 aromatic rings. The maximum absolute atomic E-state index is 12.6. The van der Waals surface area contributed by atoms with Crippen molar-refractivity contribution in [1.82, 2.24) is 10.2 Å². The number of nitrogens with one attached hydrogen (secondary N) is 2. The fraction of sp³-hybridized carbons (Fsp3) is 0.500. The molecule has 3 heterocycles. The summed E-state index contributed by atoms with van der Waals surface area (Å²) in [4.78, 5) is 27.8. The second-order valence-electron chi connectivity index (χ2n) is 7.36. The van der Waals surface area contributed by atoms with E-state index in [9.17, 15) is 9.59 Å². The number of carbonyl (C=O) groups excluding carboxylic acids is 2. The van der Waals surface area contributed by atoms with Gasteiger partial charge in [0.15, 0.2) is 5.76 Å². The lowest BCUT2D eigenvalue weighted by atomic mass is 9.99. The van der Waals surface area contributed by atoms with Gasteiger partial charge < -0.3 is 15.1 Å². The smallest absolute Gasteiger partial charge is 0.291 e. The molecule has 146 valence electrons. The van der Waals surface area contributed by atoms with Gasteiger partial charge in [-0.05, 0) is 62.9 Å². The Morgan fingerprint density at radius 1 is 1.41 bits per heavy atom. The van der Waals surface area contributed by atoms with Crippen LogP contribution in [0.2, 0.25) is 0 Å². The molecule has 0 spiro atoms. The number of anilines is 1. The molecule has 1 saturated heterocycles. The maximum Gasteiger partial charge on any atom is 0.291 e. The number of likely N-dealkylation sites (tertiary alicyclic amines) is 1. The highest BCUT2D eigenvalue weighted by atomic mass is 32.1. The van der Waals surface area contributed by atoms with E-state index in [1.807, 2.05) is 13.0 Å². The van der Waals surface area contributed by atoms with Crippen LogP contribution < -0.4 is 10.6 Å². The van der Waals surface area contributed by atoms with E-state index in [0.717, 1.165) is 24.6 Å². The Labute approximate surface area is 163 Å². The second-order valence-corrected chi connectivity index (χ2v) is 8.41. The Hall–Kier alpha value is -2.12. The standard InChI is InChI=1S/C20H27N3O3S/c1-13-6-4-8-23(12-13)15(3)11-21-20(25)18-14(2)10-17(27-18)22-19(24)16-7-5-9-26-16/h5,7,9-10,13,15H,4,6,8,11-12H2,1-3H3,(H,21,25)(H,22,24). The number of hydrogen-bond acceptors (Lipinski definition) is 5. The summed E-state index contributed by atoms with van der Waals surface area (Å²) in [7, 11) is 0. The van der Waals surface area contributed by atoms with Crippen LogP contribution >= 0.6 is 11.3 Å². The molecule has 27 heavy (non-hydrogen) atoms. The number of rotatable bonds is 6. The zero-order chi connectivity index (χ0) is 19.4. The van der Waals surface area contributed by atoms with Gasteiger partial charge in [-0.3, -0.25) is 14.5 Å². The zero-order valence-electron chi connectivity index (χ0n) is 16.1. The molecule has 2 aromatic heterocycles. The van der Waals surface area contributed by atoms with E-state index < -0.39 is 0 Å². The Bertz CT molecular complexity index is 785. The van der Waals surface area contributed by atoms with Crippen molar-refractivity contribution in [2.24, 2.45) is 5.92 Å². The van der Waals surface area contributed by atoms with E-state index in [1.54, 1.807) is 12.1 Å². The Morgan fingerprint density at radius 3 is 2.93 bits per heavy atom. The largest absolute Gasteiger partial charge is 0.459 e. The summed E-state index contributed by atoms with van der Waals surface area (Å²) in [5.74, 6) is 0.558. The average molecular weight is 390 g/mol. The number of aryl methyl sites for hydroxylation is 1. The number of furan rings is 1. The first-order valence-corrected chi connectivity index (χ1v) is 10.2. The minimum absolute atomic E-state index is 0.0899. The van der Waals surface area contributed by atoms with Gasteiger partial charge >= 0.3 is 0 Å². The van der Waals surface area contributed by atoms with Crippen LogP contribution in [0.25, 0.3) is 0 Å². The lowest BCUT2D eigenvalue weighted by Crippen LogP contribution is -2.46. The second kappa shape index (κ2) is 8.71. The van der Waals surface area contributed by atoms with Crippen molar-refractivity contribution in [2.75, 3.05) is 25.0 Å². The molecule has 2 N–H and O–H groups in total. The molecule has 1 aliphatic rings. The van der Waals surface area contributed by atoms with Crippen LogP contribution in [0.15, 0.2) is 28.9 Å². The number of thiophene rings is 1. The van der Waals surface area contributed by atoms with E-state index in [-0.39, 0.29) is 17.6 Å². The molecule has 0 bridgehead atoms. The molecule has 1 fully saturated rings. The summed E-state index contributed by atoms with van der Waals surface area (Å²) in [6.45, 7) is 9.14. The van der Waals surface area contributed by atoms with Gasteiger partial charge in [0.2, 0.25) is 0 Å². The van der Waals surface area contributed by atoms with Gasteiger partial charge in [-0.1, -0.05) is 6.92 Å². The Morgan fingerprint density at radius 2 is 2.22 bits per heavy atom. The molecule has 2 atom stereocenters. The summed E-state index contributed by atoms with van der Waals surface area (Å²) in [5, 5.41) is 6.46. The summed E-state index contributed by atoms with van der Waals surface area (Å²) in [5.41, 5.74) is 0.853. The van der Waals surface area contributed by atoms with Crippen LogP contribution in [0.1, 0.15) is 52.5 Å². The first-order chi connectivity index (χ1) is 12.9. The summed E-state index contributed by atoms with van der Waals surface area (Å²) < 4.78 is 5.09. The van der Waals surface area contributed by atoms with Gasteiger partial charge in [0.1, 0.15) is 0 Å². The van der Waals surface area contributed by atoms with Gasteiger partial charge in [0.25, 0.3) is 11.8 Å². The first kappa shape index (κ1) is 19.6. The molecule has 0 aliphatic carbocycles. The van der Waals surface area contributed by atoms with Gasteiger partial charge in [0, 0.05) is 19.1 Å². The fourth-order valence-corrected chi connectivity index (χ4v) is 4.41. The number of carbonyl (C=O) groups is 2. The molecule has 0 saturated carbocycles. The van der Waals surface area contributed by atoms with Gasteiger partial charge in [-0.15, -0.1) is 11.3 Å². The average Bonchev–Trinajstić information content (AvgIpc) is 3.29. The van der Waals surface area contributed by atoms with E-state index in [1.165, 1.54) is 30.4 Å². The van der Waals surface area contributed by atoms with Crippen LogP contribution in [0, 0.1) is 12.8 Å². The van der Waals surface area contributed by atoms with Gasteiger partial charge in [-0.25, -0.2) is 0 Å². The summed E-state index contributed by atoms with van der Waals surface area (Å²) in [6, 6.07) is 5.40. The van der Waals surface area contributed by atoms with Crippen molar-refractivity contribution in [3.8, 4) is 0 Å². The third-order valence-corrected chi connectivity index (χ3v) is 6.13. The SMILES string of the molecule is Cc1cc(NC(=O)c2ccco2)sc1C(=O)NCC(C)N1CCCC(C)C1. The van der Waals surface area contributed by atoms with Crippen LogP contribution in [0.5, 0.6) is 0 Å². The van der Waals surface area contributed by atoms with Crippen molar-refractivity contribution in [2.45, 2.75) is 39.7 Å². The third kappa shape index (κ3) is 4.99. The van der Waals surface area contributed by atoms with E-state index in [2.05, 4.69) is 29.4 Å². The molecule has 2 amide bonds. The molecule has 0 aromatic carbocycles. The van der Waals surface area contributed by atoms with E-state index >= 15 is 0 Å². The van der Waals surface area contributed by atoms with Gasteiger partial charge in [-0.2, -0.15) is 0 Å². The van der Waals surface area contributed by atoms with E-state index in [4.69, 9.17) is 4.42 Å². The van der Waals surface area contributed by atoms with Crippen molar-refractivity contribution in [3.63, 3.8) is 0 Å². The highest BCUT2D eigenvalue weighted by molar-refractivity contribution is 7.18. The van der Waals surface area contributed by atoms with Crippen molar-refractivity contribution < 1.29 is 14.0 Å². The topological polar surface area (TPSA) is 74.6 Å². The van der Waals surface area contributed by atoms with Crippen molar-refractivity contribution in [3.05, 3.63) is 40.7 Å². The number of hydrogen-bond donors (Lipinski definition) is 2. The van der Waals surface area contributed by atoms with Crippen molar-refractivity contribution >= 4 is 28.2 Å². The normalized spacial score (nSPS) is 18.9. The maximum atomic E-state index is 12.6. The zero-order valence-corrected chi connectivity index (χ0v) is 16.9. The predicted molar refractivity (Wildman–Crippen MR) is 107 cm³/mol. The molecule has 2 unspecified atom stereocenters. The number of amides is 2. The highest BCUT2D eigenvalue weighted by Crippen LogP contribution is 2.27. The van der Waals surface area contributed by atoms with E-state index in [0.29, 0.717) is 22.5 Å². The monoisotopic (exact) mass is 389 g/mol.